The molecule has 0 saturated carbocycles. The number of hydrogen-bond donors (Lipinski definition) is 2. The van der Waals surface area contributed by atoms with E-state index in [0.29, 0.717) is 54.0 Å². The fraction of sp³-hybridized carbons (Fsp3) is 0.0588. The predicted molar refractivity (Wildman–Crippen MR) is 176 cm³/mol. The molecule has 2 amide bonds. The van der Waals surface area contributed by atoms with Gasteiger partial charge in [-0.15, -0.1) is 0 Å². The number of benzene rings is 4. The van der Waals surface area contributed by atoms with E-state index in [1.165, 1.54) is 22.7 Å². The van der Waals surface area contributed by atoms with Gasteiger partial charge >= 0.3 is 0 Å². The van der Waals surface area contributed by atoms with Gasteiger partial charge in [-0.3, -0.25) is 9.59 Å². The summed E-state index contributed by atoms with van der Waals surface area (Å²) in [4.78, 5) is 36.4. The molecule has 8 nitrogen and oxygen atoms in total. The smallest absolute Gasteiger partial charge is 0.256 e. The van der Waals surface area contributed by atoms with Crippen molar-refractivity contribution in [2.45, 2.75) is 0 Å². The molecule has 6 rings (SSSR count). The average molecular weight is 619 g/mol. The molecule has 0 bridgehead atoms. The zero-order chi connectivity index (χ0) is 30.5. The Morgan fingerprint density at radius 3 is 1.25 bits per heavy atom. The number of rotatable bonds is 9. The molecule has 0 radical (unpaired) electrons. The van der Waals surface area contributed by atoms with Gasteiger partial charge in [-0.05, 0) is 48.5 Å². The molecular weight excluding hydrogens is 593 g/mol. The minimum atomic E-state index is -0.267. The van der Waals surface area contributed by atoms with Crippen LogP contribution in [0.4, 0.5) is 10.0 Å². The number of hydrogen-bond acceptors (Lipinski definition) is 8. The van der Waals surface area contributed by atoms with Gasteiger partial charge in [-0.25, -0.2) is 9.97 Å². The fourth-order valence-electron chi connectivity index (χ4n) is 4.41. The Kier molecular flexibility index (Phi) is 8.44. The van der Waals surface area contributed by atoms with Gasteiger partial charge in [0.25, 0.3) is 11.8 Å². The first-order valence-corrected chi connectivity index (χ1v) is 15.2. The van der Waals surface area contributed by atoms with Gasteiger partial charge in [0.05, 0.1) is 14.2 Å². The Hall–Kier alpha value is -5.32. The highest BCUT2D eigenvalue weighted by molar-refractivity contribution is 7.25. The maximum absolute atomic E-state index is 13.2. The second kappa shape index (κ2) is 12.9. The van der Waals surface area contributed by atoms with E-state index in [2.05, 4.69) is 10.6 Å². The van der Waals surface area contributed by atoms with Crippen LogP contribution >= 0.6 is 22.7 Å². The number of aromatic nitrogens is 2. The lowest BCUT2D eigenvalue weighted by atomic mass is 10.1. The summed E-state index contributed by atoms with van der Waals surface area (Å²) >= 11 is 2.66. The molecule has 0 fully saturated rings. The molecule has 218 valence electrons. The van der Waals surface area contributed by atoms with Crippen LogP contribution in [-0.4, -0.2) is 36.0 Å². The highest BCUT2D eigenvalue weighted by Crippen LogP contribution is 2.43. The molecule has 0 spiro atoms. The van der Waals surface area contributed by atoms with Crippen LogP contribution in [0.2, 0.25) is 0 Å². The van der Waals surface area contributed by atoms with Crippen molar-refractivity contribution in [3.8, 4) is 44.0 Å². The molecule has 6 aromatic rings. The summed E-state index contributed by atoms with van der Waals surface area (Å²) in [6.45, 7) is 0. The molecular formula is C34H26N4O4S2. The molecule has 0 aliphatic heterocycles. The minimum absolute atomic E-state index is 0.267. The lowest BCUT2D eigenvalue weighted by Gasteiger charge is -2.06. The number of nitrogens with one attached hydrogen (secondary N) is 2. The topological polar surface area (TPSA) is 102 Å². The van der Waals surface area contributed by atoms with E-state index in [1.54, 1.807) is 62.8 Å². The molecule has 0 aliphatic rings. The Bertz CT molecular complexity index is 1760. The summed E-state index contributed by atoms with van der Waals surface area (Å²) in [5.74, 6) is 0.798. The number of nitrogens with zero attached hydrogens (tertiary/aromatic N) is 2. The third-order valence-corrected chi connectivity index (χ3v) is 8.77. The lowest BCUT2D eigenvalue weighted by Crippen LogP contribution is -2.11. The molecule has 2 heterocycles. The third-order valence-electron chi connectivity index (χ3n) is 6.69. The molecule has 44 heavy (non-hydrogen) atoms. The Morgan fingerprint density at radius 2 is 0.909 bits per heavy atom. The number of carbonyl (C=O) groups is 2. The number of thiazole rings is 2. The van der Waals surface area contributed by atoms with Gasteiger partial charge in [0.2, 0.25) is 0 Å². The monoisotopic (exact) mass is 618 g/mol. The summed E-state index contributed by atoms with van der Waals surface area (Å²) in [5.41, 5.74) is 3.95. The van der Waals surface area contributed by atoms with Gasteiger partial charge in [0.15, 0.2) is 10.0 Å². The first-order valence-electron chi connectivity index (χ1n) is 13.6. The summed E-state index contributed by atoms with van der Waals surface area (Å²) in [6.07, 6.45) is 0. The van der Waals surface area contributed by atoms with Crippen LogP contribution in [0.15, 0.2) is 109 Å². The number of ether oxygens (including phenoxy) is 2. The first-order chi connectivity index (χ1) is 21.5. The van der Waals surface area contributed by atoms with Crippen LogP contribution in [0.3, 0.4) is 0 Å². The second-order valence-electron chi connectivity index (χ2n) is 9.49. The van der Waals surface area contributed by atoms with Gasteiger partial charge < -0.3 is 20.1 Å². The van der Waals surface area contributed by atoms with Gasteiger partial charge in [0, 0.05) is 22.3 Å². The van der Waals surface area contributed by atoms with Crippen LogP contribution in [0.5, 0.6) is 11.5 Å². The van der Waals surface area contributed by atoms with Crippen molar-refractivity contribution >= 4 is 44.5 Å². The number of methoxy groups -OCH3 is 2. The Balaban J connectivity index is 1.37. The Labute approximate surface area is 262 Å². The number of anilines is 2. The predicted octanol–water partition coefficient (Wildman–Crippen LogP) is 8.12. The first kappa shape index (κ1) is 28.8. The molecule has 2 N–H and O–H groups in total. The maximum Gasteiger partial charge on any atom is 0.256 e. The quantitative estimate of drug-likeness (QED) is 0.170. The lowest BCUT2D eigenvalue weighted by molar-refractivity contribution is 0.101. The number of carbonyl (C=O) groups excluding carboxylic acids is 2. The minimum Gasteiger partial charge on any atom is -0.497 e. The maximum atomic E-state index is 13.2. The van der Waals surface area contributed by atoms with E-state index in [9.17, 15) is 9.59 Å². The second-order valence-corrected chi connectivity index (χ2v) is 11.5. The molecule has 0 atom stereocenters. The normalized spacial score (nSPS) is 10.7. The fourth-order valence-corrected chi connectivity index (χ4v) is 6.40. The van der Waals surface area contributed by atoms with Crippen molar-refractivity contribution in [1.29, 1.82) is 0 Å². The molecule has 0 aliphatic carbocycles. The van der Waals surface area contributed by atoms with E-state index >= 15 is 0 Å². The van der Waals surface area contributed by atoms with Crippen molar-refractivity contribution in [2.75, 3.05) is 24.9 Å². The Morgan fingerprint density at radius 1 is 0.545 bits per heavy atom. The van der Waals surface area contributed by atoms with Crippen molar-refractivity contribution in [3.05, 3.63) is 120 Å². The van der Waals surface area contributed by atoms with Crippen LogP contribution in [-0.2, 0) is 0 Å². The van der Waals surface area contributed by atoms with Crippen LogP contribution in [0.1, 0.15) is 20.7 Å². The molecule has 10 heteroatoms. The van der Waals surface area contributed by atoms with Gasteiger partial charge in [-0.1, -0.05) is 83.3 Å². The average Bonchev–Trinajstić information content (AvgIpc) is 3.70. The van der Waals surface area contributed by atoms with Crippen molar-refractivity contribution in [3.63, 3.8) is 0 Å². The van der Waals surface area contributed by atoms with Gasteiger partial charge in [-0.2, -0.15) is 0 Å². The zero-order valence-corrected chi connectivity index (χ0v) is 25.4. The van der Waals surface area contributed by atoms with E-state index in [-0.39, 0.29) is 11.8 Å². The summed E-state index contributed by atoms with van der Waals surface area (Å²) in [7, 11) is 3.16. The van der Waals surface area contributed by atoms with Crippen LogP contribution in [0.25, 0.3) is 32.5 Å². The van der Waals surface area contributed by atoms with Crippen LogP contribution in [0, 0.1) is 0 Å². The molecule has 0 unspecified atom stereocenters. The zero-order valence-electron chi connectivity index (χ0n) is 23.7. The summed E-state index contributed by atoms with van der Waals surface area (Å²) < 4.78 is 10.4. The summed E-state index contributed by atoms with van der Waals surface area (Å²) in [5, 5.41) is 8.49. The molecule has 0 saturated heterocycles. The van der Waals surface area contributed by atoms with E-state index in [4.69, 9.17) is 19.4 Å². The third kappa shape index (κ3) is 6.22. The highest BCUT2D eigenvalue weighted by atomic mass is 32.1. The van der Waals surface area contributed by atoms with E-state index < -0.39 is 0 Å². The highest BCUT2D eigenvalue weighted by Gasteiger charge is 2.23. The summed E-state index contributed by atoms with van der Waals surface area (Å²) in [6, 6.07) is 33.1. The van der Waals surface area contributed by atoms with Crippen LogP contribution < -0.4 is 20.1 Å². The standard InChI is InChI=1S/C34H26N4O4S2/c1-41-25-17-13-23(14-18-25)29(39)37-31-27(21-9-5-3-6-10-21)35-33(43-31)34-36-28(22-11-7-4-8-12-22)32(44-34)38-30(40)24-15-19-26(42-2)20-16-24/h3-20H,1-2H3,(H,37,39)(H,38,40). The van der Waals surface area contributed by atoms with E-state index in [1.807, 2.05) is 60.7 Å². The van der Waals surface area contributed by atoms with Crippen molar-refractivity contribution in [2.24, 2.45) is 0 Å². The largest absolute Gasteiger partial charge is 0.497 e. The molecule has 2 aromatic heterocycles. The van der Waals surface area contributed by atoms with Crippen molar-refractivity contribution in [1.82, 2.24) is 9.97 Å². The SMILES string of the molecule is COc1ccc(C(=O)Nc2sc(-c3nc(-c4ccccc4)c(NC(=O)c4ccc(OC)cc4)s3)nc2-c2ccccc2)cc1. The van der Waals surface area contributed by atoms with Crippen molar-refractivity contribution < 1.29 is 19.1 Å². The van der Waals surface area contributed by atoms with E-state index in [0.717, 1.165) is 11.1 Å². The number of amides is 2. The van der Waals surface area contributed by atoms with Gasteiger partial charge in [0.1, 0.15) is 32.9 Å². The molecule has 4 aromatic carbocycles.